The molecule has 0 spiro atoms. The fraction of sp³-hybridized carbons (Fsp3) is 0.688. The number of hydrogen-bond donors (Lipinski definition) is 1. The zero-order valence-electron chi connectivity index (χ0n) is 14.2. The van der Waals surface area contributed by atoms with Crippen LogP contribution in [0.1, 0.15) is 40.5 Å². The molecule has 3 heterocycles. The molecule has 0 bridgehead atoms. The van der Waals surface area contributed by atoms with Crippen molar-refractivity contribution >= 4 is 29.9 Å². The van der Waals surface area contributed by atoms with Crippen molar-refractivity contribution in [3.05, 3.63) is 17.4 Å². The SMILES string of the molecule is CC1(C)OB(c2cnc(Cl)c(N3CCC(O)CC3)c2)OC1(C)C. The predicted octanol–water partition coefficient (Wildman–Crippen LogP) is 2.00. The third-order valence-corrected chi connectivity index (χ3v) is 5.46. The van der Waals surface area contributed by atoms with Gasteiger partial charge in [0, 0.05) is 24.7 Å². The van der Waals surface area contributed by atoms with E-state index in [0.717, 1.165) is 37.1 Å². The molecule has 0 unspecified atom stereocenters. The Bertz CT molecular complexity index is 573. The molecule has 23 heavy (non-hydrogen) atoms. The zero-order chi connectivity index (χ0) is 16.8. The molecule has 2 aliphatic rings. The van der Waals surface area contributed by atoms with Crippen LogP contribution in [0.15, 0.2) is 12.3 Å². The molecule has 3 rings (SSSR count). The first-order valence-corrected chi connectivity index (χ1v) is 8.51. The van der Waals surface area contributed by atoms with E-state index in [9.17, 15) is 5.11 Å². The van der Waals surface area contributed by atoms with Gasteiger partial charge in [-0.1, -0.05) is 11.6 Å². The fourth-order valence-electron chi connectivity index (χ4n) is 2.89. The molecule has 2 fully saturated rings. The number of aliphatic hydroxyl groups is 1. The first kappa shape index (κ1) is 17.0. The molecule has 5 nitrogen and oxygen atoms in total. The lowest BCUT2D eigenvalue weighted by Gasteiger charge is -2.32. The first-order valence-electron chi connectivity index (χ1n) is 8.14. The first-order chi connectivity index (χ1) is 10.7. The van der Waals surface area contributed by atoms with E-state index in [1.54, 1.807) is 6.20 Å². The maximum absolute atomic E-state index is 9.67. The molecule has 0 radical (unpaired) electrons. The van der Waals surface area contributed by atoms with Crippen LogP contribution in [0.25, 0.3) is 0 Å². The summed E-state index contributed by atoms with van der Waals surface area (Å²) in [6.07, 6.45) is 2.99. The van der Waals surface area contributed by atoms with Gasteiger partial charge < -0.3 is 19.3 Å². The second kappa shape index (κ2) is 5.92. The Morgan fingerprint density at radius 1 is 1.22 bits per heavy atom. The number of aromatic nitrogens is 1. The van der Waals surface area contributed by atoms with Gasteiger partial charge in [-0.05, 0) is 46.6 Å². The molecule has 1 aromatic heterocycles. The molecule has 1 aromatic rings. The van der Waals surface area contributed by atoms with Gasteiger partial charge in [-0.15, -0.1) is 0 Å². The minimum Gasteiger partial charge on any atom is -0.399 e. The normalized spacial score (nSPS) is 24.3. The molecule has 2 saturated heterocycles. The highest BCUT2D eigenvalue weighted by Crippen LogP contribution is 2.37. The summed E-state index contributed by atoms with van der Waals surface area (Å²) in [6, 6.07) is 2.00. The summed E-state index contributed by atoms with van der Waals surface area (Å²) in [7, 11) is -0.445. The monoisotopic (exact) mass is 338 g/mol. The molecular weight excluding hydrogens is 314 g/mol. The van der Waals surface area contributed by atoms with E-state index in [1.807, 2.05) is 33.8 Å². The van der Waals surface area contributed by atoms with E-state index in [4.69, 9.17) is 20.9 Å². The summed E-state index contributed by atoms with van der Waals surface area (Å²) in [5, 5.41) is 10.1. The van der Waals surface area contributed by atoms with Crippen LogP contribution in [0.2, 0.25) is 5.15 Å². The zero-order valence-corrected chi connectivity index (χ0v) is 14.9. The largest absolute Gasteiger partial charge is 0.496 e. The van der Waals surface area contributed by atoms with Gasteiger partial charge in [0.25, 0.3) is 0 Å². The minimum atomic E-state index is -0.445. The van der Waals surface area contributed by atoms with Gasteiger partial charge in [-0.3, -0.25) is 0 Å². The van der Waals surface area contributed by atoms with Gasteiger partial charge in [0.15, 0.2) is 5.15 Å². The minimum absolute atomic E-state index is 0.218. The van der Waals surface area contributed by atoms with Gasteiger partial charge in [0.1, 0.15) is 0 Å². The Hall–Kier alpha value is -0.815. The van der Waals surface area contributed by atoms with Crippen LogP contribution in [0.3, 0.4) is 0 Å². The quantitative estimate of drug-likeness (QED) is 0.660. The number of halogens is 1. The Morgan fingerprint density at radius 3 is 2.35 bits per heavy atom. The molecule has 0 saturated carbocycles. The number of hydrogen-bond acceptors (Lipinski definition) is 5. The maximum Gasteiger partial charge on any atom is 0.496 e. The van der Waals surface area contributed by atoms with Crippen molar-refractivity contribution in [2.45, 2.75) is 57.8 Å². The molecule has 0 aliphatic carbocycles. The van der Waals surface area contributed by atoms with Crippen molar-refractivity contribution in [2.75, 3.05) is 18.0 Å². The van der Waals surface area contributed by atoms with Crippen LogP contribution in [0.4, 0.5) is 5.69 Å². The van der Waals surface area contributed by atoms with Gasteiger partial charge in [-0.25, -0.2) is 4.98 Å². The van der Waals surface area contributed by atoms with Gasteiger partial charge in [0.05, 0.1) is 23.0 Å². The second-order valence-electron chi connectivity index (χ2n) is 7.39. The number of rotatable bonds is 2. The van der Waals surface area contributed by atoms with Gasteiger partial charge >= 0.3 is 7.12 Å². The van der Waals surface area contributed by atoms with Crippen LogP contribution in [-0.4, -0.2) is 47.6 Å². The van der Waals surface area contributed by atoms with E-state index in [-0.39, 0.29) is 17.3 Å². The average Bonchev–Trinajstić information content (AvgIpc) is 2.69. The lowest BCUT2D eigenvalue weighted by atomic mass is 9.80. The van der Waals surface area contributed by atoms with E-state index in [2.05, 4.69) is 9.88 Å². The highest BCUT2D eigenvalue weighted by molar-refractivity contribution is 6.62. The summed E-state index contributed by atoms with van der Waals surface area (Å²) in [5.41, 5.74) is 0.985. The van der Waals surface area contributed by atoms with Crippen LogP contribution >= 0.6 is 11.6 Å². The Kier molecular flexibility index (Phi) is 4.38. The van der Waals surface area contributed by atoms with Crippen molar-refractivity contribution in [1.82, 2.24) is 4.98 Å². The predicted molar refractivity (Wildman–Crippen MR) is 92.4 cm³/mol. The van der Waals surface area contributed by atoms with E-state index >= 15 is 0 Å². The number of pyridine rings is 1. The Morgan fingerprint density at radius 2 is 1.78 bits per heavy atom. The lowest BCUT2D eigenvalue weighted by Crippen LogP contribution is -2.41. The van der Waals surface area contributed by atoms with Crippen LogP contribution in [0, 0.1) is 0 Å². The van der Waals surface area contributed by atoms with Crippen molar-refractivity contribution in [3.8, 4) is 0 Å². The third kappa shape index (κ3) is 3.22. The van der Waals surface area contributed by atoms with Crippen LogP contribution in [-0.2, 0) is 9.31 Å². The standard InChI is InChI=1S/C16H24BClN2O3/c1-15(2)16(3,4)23-17(22-15)11-9-13(14(18)19-10-11)20-7-5-12(21)6-8-20/h9-10,12,21H,5-8H2,1-4H3. The van der Waals surface area contributed by atoms with Crippen LogP contribution < -0.4 is 10.4 Å². The number of piperidine rings is 1. The van der Waals surface area contributed by atoms with Crippen molar-refractivity contribution in [1.29, 1.82) is 0 Å². The molecule has 126 valence electrons. The Balaban J connectivity index is 1.84. The maximum atomic E-state index is 9.67. The summed E-state index contributed by atoms with van der Waals surface area (Å²) in [6.45, 7) is 9.67. The summed E-state index contributed by atoms with van der Waals surface area (Å²) in [4.78, 5) is 6.48. The fourth-order valence-corrected chi connectivity index (χ4v) is 3.11. The summed E-state index contributed by atoms with van der Waals surface area (Å²) >= 11 is 6.29. The third-order valence-electron chi connectivity index (χ3n) is 5.17. The molecule has 0 atom stereocenters. The summed E-state index contributed by atoms with van der Waals surface area (Å²) < 4.78 is 12.2. The highest BCUT2D eigenvalue weighted by Gasteiger charge is 2.52. The molecule has 7 heteroatoms. The number of aliphatic hydroxyl groups excluding tert-OH is 1. The highest BCUT2D eigenvalue weighted by atomic mass is 35.5. The van der Waals surface area contributed by atoms with E-state index < -0.39 is 7.12 Å². The van der Waals surface area contributed by atoms with Crippen molar-refractivity contribution < 1.29 is 14.4 Å². The average molecular weight is 339 g/mol. The second-order valence-corrected chi connectivity index (χ2v) is 7.74. The topological polar surface area (TPSA) is 54.8 Å². The van der Waals surface area contributed by atoms with E-state index in [0.29, 0.717) is 5.15 Å². The van der Waals surface area contributed by atoms with Gasteiger partial charge in [0.2, 0.25) is 0 Å². The Labute approximate surface area is 143 Å². The van der Waals surface area contributed by atoms with Crippen molar-refractivity contribution in [2.24, 2.45) is 0 Å². The molecule has 2 aliphatic heterocycles. The number of nitrogens with zero attached hydrogens (tertiary/aromatic N) is 2. The molecular formula is C16H24BClN2O3. The van der Waals surface area contributed by atoms with E-state index in [1.165, 1.54) is 0 Å². The van der Waals surface area contributed by atoms with Gasteiger partial charge in [-0.2, -0.15) is 0 Å². The lowest BCUT2D eigenvalue weighted by molar-refractivity contribution is 0.00578. The molecule has 1 N–H and O–H groups in total. The number of anilines is 1. The van der Waals surface area contributed by atoms with Crippen molar-refractivity contribution in [3.63, 3.8) is 0 Å². The smallest absolute Gasteiger partial charge is 0.399 e. The summed E-state index contributed by atoms with van der Waals surface area (Å²) in [5.74, 6) is 0. The molecule has 0 amide bonds. The van der Waals surface area contributed by atoms with Crippen LogP contribution in [0.5, 0.6) is 0 Å². The molecule has 0 aromatic carbocycles.